The number of thiophene rings is 1. The minimum absolute atomic E-state index is 0.0617. The number of morpholine rings is 1. The van der Waals surface area contributed by atoms with Crippen molar-refractivity contribution in [3.05, 3.63) is 77.3 Å². The summed E-state index contributed by atoms with van der Waals surface area (Å²) in [7, 11) is 0. The number of allylic oxidation sites excluding steroid dienone is 1. The second-order valence-electron chi connectivity index (χ2n) is 11.6. The second-order valence-corrected chi connectivity index (χ2v) is 12.6. The fourth-order valence-electron chi connectivity index (χ4n) is 6.01. The smallest absolute Gasteiger partial charge is 0.223 e. The summed E-state index contributed by atoms with van der Waals surface area (Å²) in [5.74, 6) is 1.32. The molecule has 2 fully saturated rings. The predicted molar refractivity (Wildman–Crippen MR) is 175 cm³/mol. The van der Waals surface area contributed by atoms with Crippen molar-refractivity contribution in [2.24, 2.45) is 0 Å². The summed E-state index contributed by atoms with van der Waals surface area (Å²) < 4.78 is 6.55. The fraction of sp³-hybridized carbons (Fsp3) is 0.324. The number of H-pyrrole nitrogens is 1. The van der Waals surface area contributed by atoms with Crippen LogP contribution in [0.25, 0.3) is 38.6 Å². The van der Waals surface area contributed by atoms with Crippen LogP contribution in [0.4, 0.5) is 5.82 Å². The van der Waals surface area contributed by atoms with Gasteiger partial charge in [-0.2, -0.15) is 5.10 Å². The zero-order valence-electron chi connectivity index (χ0n) is 24.8. The Morgan fingerprint density at radius 3 is 2.60 bits per heavy atom. The lowest BCUT2D eigenvalue weighted by molar-refractivity contribution is -0.136. The number of carbonyl (C=O) groups excluding carboxylic acids is 2. The van der Waals surface area contributed by atoms with E-state index in [1.807, 2.05) is 54.6 Å². The summed E-state index contributed by atoms with van der Waals surface area (Å²) in [6.07, 6.45) is 6.24. The molecule has 45 heavy (non-hydrogen) atoms. The number of aromatic amines is 1. The topological polar surface area (TPSA) is 125 Å². The van der Waals surface area contributed by atoms with E-state index in [9.17, 15) is 14.7 Å². The van der Waals surface area contributed by atoms with Crippen molar-refractivity contribution < 1.29 is 19.4 Å². The lowest BCUT2D eigenvalue weighted by Gasteiger charge is -2.37. The number of aliphatic hydroxyl groups is 1. The van der Waals surface area contributed by atoms with E-state index in [1.54, 1.807) is 17.2 Å². The Hall–Kier alpha value is -4.45. The molecule has 0 aliphatic carbocycles. The first-order chi connectivity index (χ1) is 22.0. The van der Waals surface area contributed by atoms with Gasteiger partial charge in [0.1, 0.15) is 5.60 Å². The molecule has 3 aromatic heterocycles. The van der Waals surface area contributed by atoms with Gasteiger partial charge in [0.05, 0.1) is 35.1 Å². The zero-order chi connectivity index (χ0) is 30.8. The maximum Gasteiger partial charge on any atom is 0.223 e. The maximum absolute atomic E-state index is 13.0. The van der Waals surface area contributed by atoms with Gasteiger partial charge < -0.3 is 19.6 Å². The van der Waals surface area contributed by atoms with Gasteiger partial charge in [0.2, 0.25) is 5.91 Å². The Bertz CT molecular complexity index is 1870. The number of likely N-dealkylation sites (tertiary alicyclic amines) is 1. The van der Waals surface area contributed by atoms with Gasteiger partial charge in [-0.1, -0.05) is 48.5 Å². The molecule has 0 bridgehead atoms. The highest BCUT2D eigenvalue weighted by atomic mass is 32.1. The van der Waals surface area contributed by atoms with Gasteiger partial charge in [-0.15, -0.1) is 11.3 Å². The van der Waals surface area contributed by atoms with Crippen molar-refractivity contribution in [1.82, 2.24) is 25.1 Å². The molecule has 2 aliphatic heterocycles. The number of ketones is 1. The molecule has 0 radical (unpaired) electrons. The van der Waals surface area contributed by atoms with E-state index < -0.39 is 5.60 Å². The number of piperidine rings is 1. The number of carbonyl (C=O) groups is 2. The summed E-state index contributed by atoms with van der Waals surface area (Å²) in [6.45, 7) is 3.54. The Morgan fingerprint density at radius 1 is 1.00 bits per heavy atom. The lowest BCUT2D eigenvalue weighted by Crippen LogP contribution is -2.44. The first kappa shape index (κ1) is 29.3. The standard InChI is InChI=1S/C34H34N6O4S/c41-24(10-9-23-5-2-1-3-6-23)11-12-30(42)39-15-13-34(43,14-16-39)29-21-28-31(45-29)33(40-17-19-44-20-18-40)37-32(36-28)25-7-4-8-27-26(25)22-35-38-27/h1-10,21-22,43H,11-20H2,(H,35,38). The number of amides is 1. The Balaban J connectivity index is 1.08. The van der Waals surface area contributed by atoms with E-state index in [0.29, 0.717) is 45.0 Å². The molecule has 0 unspecified atom stereocenters. The molecular weight excluding hydrogens is 588 g/mol. The molecule has 2 aromatic carbocycles. The van der Waals surface area contributed by atoms with Crippen molar-refractivity contribution in [2.75, 3.05) is 44.3 Å². The number of ether oxygens (including phenoxy) is 1. The van der Waals surface area contributed by atoms with Crippen LogP contribution in [0.2, 0.25) is 0 Å². The largest absolute Gasteiger partial charge is 0.384 e. The van der Waals surface area contributed by atoms with Crippen molar-refractivity contribution in [3.63, 3.8) is 0 Å². The molecule has 2 saturated heterocycles. The number of fused-ring (bicyclic) bond motifs is 2. The molecule has 5 heterocycles. The van der Waals surface area contributed by atoms with Crippen LogP contribution in [-0.2, 0) is 19.9 Å². The highest BCUT2D eigenvalue weighted by molar-refractivity contribution is 7.19. The SMILES string of the molecule is O=C(C=Cc1ccccc1)CCC(=O)N1CCC(O)(c2cc3nc(-c4cccc5[nH]ncc45)nc(N4CCOCC4)c3s2)CC1. The van der Waals surface area contributed by atoms with Gasteiger partial charge in [0, 0.05) is 54.8 Å². The van der Waals surface area contributed by atoms with Gasteiger partial charge in [-0.3, -0.25) is 14.7 Å². The summed E-state index contributed by atoms with van der Waals surface area (Å²) in [6, 6.07) is 17.5. The molecule has 1 amide bonds. The van der Waals surface area contributed by atoms with Crippen LogP contribution in [0.5, 0.6) is 0 Å². The van der Waals surface area contributed by atoms with Crippen LogP contribution in [0.1, 0.15) is 36.1 Å². The number of rotatable bonds is 8. The average Bonchev–Trinajstić information content (AvgIpc) is 3.75. The van der Waals surface area contributed by atoms with E-state index >= 15 is 0 Å². The number of nitrogens with one attached hydrogen (secondary N) is 1. The van der Waals surface area contributed by atoms with Crippen LogP contribution in [0.15, 0.2) is 66.9 Å². The van der Waals surface area contributed by atoms with Gasteiger partial charge >= 0.3 is 0 Å². The van der Waals surface area contributed by atoms with Crippen LogP contribution in [-0.4, -0.2) is 81.3 Å². The van der Waals surface area contributed by atoms with Crippen molar-refractivity contribution in [1.29, 1.82) is 0 Å². The van der Waals surface area contributed by atoms with E-state index in [0.717, 1.165) is 56.0 Å². The van der Waals surface area contributed by atoms with Crippen LogP contribution in [0.3, 0.4) is 0 Å². The summed E-state index contributed by atoms with van der Waals surface area (Å²) in [5, 5.41) is 20.0. The molecule has 0 atom stereocenters. The van der Waals surface area contributed by atoms with Gasteiger partial charge in [0.15, 0.2) is 17.4 Å². The Labute approximate surface area is 264 Å². The van der Waals surface area contributed by atoms with Crippen molar-refractivity contribution in [3.8, 4) is 11.4 Å². The number of nitrogens with zero attached hydrogens (tertiary/aromatic N) is 5. The second kappa shape index (κ2) is 12.5. The first-order valence-corrected chi connectivity index (χ1v) is 16.1. The molecule has 10 nitrogen and oxygen atoms in total. The van der Waals surface area contributed by atoms with Crippen molar-refractivity contribution in [2.45, 2.75) is 31.3 Å². The molecule has 230 valence electrons. The summed E-state index contributed by atoms with van der Waals surface area (Å²) >= 11 is 1.53. The fourth-order valence-corrected chi connectivity index (χ4v) is 7.27. The first-order valence-electron chi connectivity index (χ1n) is 15.3. The third kappa shape index (κ3) is 6.11. The van der Waals surface area contributed by atoms with Gasteiger partial charge in [-0.25, -0.2) is 9.97 Å². The normalized spacial score (nSPS) is 17.0. The quantitative estimate of drug-likeness (QED) is 0.233. The van der Waals surface area contributed by atoms with Crippen LogP contribution < -0.4 is 4.90 Å². The van der Waals surface area contributed by atoms with E-state index in [2.05, 4.69) is 15.1 Å². The molecule has 7 rings (SSSR count). The number of hydrogen-bond acceptors (Lipinski definition) is 9. The van der Waals surface area contributed by atoms with Gasteiger partial charge in [0.25, 0.3) is 0 Å². The zero-order valence-corrected chi connectivity index (χ0v) is 25.6. The minimum atomic E-state index is -1.08. The molecule has 0 spiro atoms. The molecule has 2 aliphatic rings. The molecular formula is C34H34N6O4S. The number of hydrogen-bond donors (Lipinski definition) is 2. The summed E-state index contributed by atoms with van der Waals surface area (Å²) in [4.78, 5) is 40.2. The average molecular weight is 623 g/mol. The Morgan fingerprint density at radius 2 is 1.80 bits per heavy atom. The predicted octanol–water partition coefficient (Wildman–Crippen LogP) is 4.94. The number of anilines is 1. The van der Waals surface area contributed by atoms with Crippen molar-refractivity contribution >= 4 is 56.0 Å². The van der Waals surface area contributed by atoms with Gasteiger partial charge in [-0.05, 0) is 36.6 Å². The van der Waals surface area contributed by atoms with E-state index in [-0.39, 0.29) is 24.5 Å². The van der Waals surface area contributed by atoms with Crippen LogP contribution >= 0.6 is 11.3 Å². The van der Waals surface area contributed by atoms with E-state index in [4.69, 9.17) is 14.7 Å². The van der Waals surface area contributed by atoms with Crippen LogP contribution in [0, 0.1) is 0 Å². The van der Waals surface area contributed by atoms with E-state index in [1.165, 1.54) is 17.4 Å². The highest BCUT2D eigenvalue weighted by Crippen LogP contribution is 2.43. The monoisotopic (exact) mass is 622 g/mol. The molecule has 2 N–H and O–H groups in total. The third-order valence-corrected chi connectivity index (χ3v) is 9.95. The molecule has 0 saturated carbocycles. The molecule has 5 aromatic rings. The maximum atomic E-state index is 13.0. The summed E-state index contributed by atoms with van der Waals surface area (Å²) in [5.41, 5.74) is 2.46. The minimum Gasteiger partial charge on any atom is -0.384 e. The lowest BCUT2D eigenvalue weighted by atomic mass is 9.89. The number of aromatic nitrogens is 4. The molecule has 11 heteroatoms. The highest BCUT2D eigenvalue weighted by Gasteiger charge is 2.37. The number of benzene rings is 2. The Kier molecular flexibility index (Phi) is 8.14. The third-order valence-electron chi connectivity index (χ3n) is 8.64.